The van der Waals surface area contributed by atoms with Crippen molar-refractivity contribution in [2.24, 2.45) is 0 Å². The third-order valence-electron chi connectivity index (χ3n) is 3.36. The SMILES string of the molecule is O=C1CS[C@H](c2ccccc2)N1c1ccc(Cl)c([N+](=O)[O-])c1. The van der Waals surface area contributed by atoms with Crippen LogP contribution in [-0.4, -0.2) is 16.6 Å². The molecule has 0 saturated carbocycles. The zero-order valence-electron chi connectivity index (χ0n) is 11.3. The number of carbonyl (C=O) groups is 1. The number of nitrogens with zero attached hydrogens (tertiary/aromatic N) is 2. The van der Waals surface area contributed by atoms with E-state index in [1.165, 1.54) is 23.9 Å². The van der Waals surface area contributed by atoms with E-state index in [4.69, 9.17) is 11.6 Å². The summed E-state index contributed by atoms with van der Waals surface area (Å²) in [6.45, 7) is 0. The van der Waals surface area contributed by atoms with Crippen molar-refractivity contribution in [3.05, 3.63) is 69.2 Å². The Kier molecular flexibility index (Phi) is 4.04. The molecular formula is C15H11ClN2O3S. The predicted molar refractivity (Wildman–Crippen MR) is 87.2 cm³/mol. The first-order chi connectivity index (χ1) is 10.6. The molecule has 0 spiro atoms. The minimum Gasteiger partial charge on any atom is -0.295 e. The average molecular weight is 335 g/mol. The molecule has 0 N–H and O–H groups in total. The third-order valence-corrected chi connectivity index (χ3v) is 4.89. The highest BCUT2D eigenvalue weighted by molar-refractivity contribution is 8.00. The van der Waals surface area contributed by atoms with Crippen LogP contribution in [0.25, 0.3) is 0 Å². The number of carbonyl (C=O) groups excluding carboxylic acids is 1. The van der Waals surface area contributed by atoms with Crippen LogP contribution in [0.3, 0.4) is 0 Å². The topological polar surface area (TPSA) is 63.5 Å². The minimum absolute atomic E-state index is 0.0595. The van der Waals surface area contributed by atoms with Gasteiger partial charge in [0.1, 0.15) is 10.4 Å². The summed E-state index contributed by atoms with van der Waals surface area (Å²) in [6.07, 6.45) is 0. The molecule has 1 aliphatic heterocycles. The number of rotatable bonds is 3. The lowest BCUT2D eigenvalue weighted by Crippen LogP contribution is -2.27. The summed E-state index contributed by atoms with van der Waals surface area (Å²) in [4.78, 5) is 24.3. The fraction of sp³-hybridized carbons (Fsp3) is 0.133. The maximum atomic E-state index is 12.2. The molecule has 1 saturated heterocycles. The molecule has 22 heavy (non-hydrogen) atoms. The zero-order valence-corrected chi connectivity index (χ0v) is 12.9. The van der Waals surface area contributed by atoms with Gasteiger partial charge >= 0.3 is 0 Å². The van der Waals surface area contributed by atoms with Gasteiger partial charge in [-0.2, -0.15) is 0 Å². The highest BCUT2D eigenvalue weighted by Gasteiger charge is 2.34. The van der Waals surface area contributed by atoms with Crippen molar-refractivity contribution in [3.8, 4) is 0 Å². The standard InChI is InChI=1S/C15H11ClN2O3S/c16-12-7-6-11(8-13(12)18(20)21)17-14(19)9-22-15(17)10-4-2-1-3-5-10/h1-8,15H,9H2/t15-/m1/s1. The summed E-state index contributed by atoms with van der Waals surface area (Å²) in [5.41, 5.74) is 1.27. The molecule has 1 amide bonds. The Morgan fingerprint density at radius 2 is 1.95 bits per heavy atom. The summed E-state index contributed by atoms with van der Waals surface area (Å²) >= 11 is 7.34. The monoisotopic (exact) mass is 334 g/mol. The number of halogens is 1. The second-order valence-electron chi connectivity index (χ2n) is 4.73. The van der Waals surface area contributed by atoms with Gasteiger partial charge in [-0.1, -0.05) is 41.9 Å². The number of anilines is 1. The van der Waals surface area contributed by atoms with Crippen LogP contribution in [0.1, 0.15) is 10.9 Å². The van der Waals surface area contributed by atoms with Crippen molar-refractivity contribution in [1.29, 1.82) is 0 Å². The summed E-state index contributed by atoms with van der Waals surface area (Å²) in [7, 11) is 0. The molecule has 1 heterocycles. The second-order valence-corrected chi connectivity index (χ2v) is 6.21. The second kappa shape index (κ2) is 5.98. The van der Waals surface area contributed by atoms with Gasteiger partial charge in [-0.3, -0.25) is 19.8 Å². The molecule has 1 aliphatic rings. The number of nitro benzene ring substituents is 1. The van der Waals surface area contributed by atoms with Gasteiger partial charge in [0, 0.05) is 6.07 Å². The van der Waals surface area contributed by atoms with Crippen molar-refractivity contribution in [3.63, 3.8) is 0 Å². The minimum atomic E-state index is -0.545. The van der Waals surface area contributed by atoms with Gasteiger partial charge in [0.15, 0.2) is 0 Å². The molecule has 5 nitrogen and oxygen atoms in total. The zero-order chi connectivity index (χ0) is 15.7. The van der Waals surface area contributed by atoms with Crippen LogP contribution in [0.2, 0.25) is 5.02 Å². The first kappa shape index (κ1) is 14.9. The Bertz CT molecular complexity index is 739. The van der Waals surface area contributed by atoms with Crippen molar-refractivity contribution < 1.29 is 9.72 Å². The number of hydrogen-bond donors (Lipinski definition) is 0. The van der Waals surface area contributed by atoms with E-state index in [1.807, 2.05) is 30.3 Å². The molecule has 1 atom stereocenters. The average Bonchev–Trinajstić information content (AvgIpc) is 2.90. The van der Waals surface area contributed by atoms with Crippen LogP contribution in [0.5, 0.6) is 0 Å². The van der Waals surface area contributed by atoms with Gasteiger partial charge in [0.05, 0.1) is 16.4 Å². The van der Waals surface area contributed by atoms with Crippen molar-refractivity contribution >= 4 is 40.6 Å². The fourth-order valence-electron chi connectivity index (χ4n) is 2.36. The van der Waals surface area contributed by atoms with Gasteiger partial charge < -0.3 is 0 Å². The molecule has 0 unspecified atom stereocenters. The van der Waals surface area contributed by atoms with E-state index in [0.29, 0.717) is 11.4 Å². The lowest BCUT2D eigenvalue weighted by Gasteiger charge is -2.24. The molecule has 2 aromatic carbocycles. The lowest BCUT2D eigenvalue weighted by atomic mass is 10.2. The molecule has 0 bridgehead atoms. The van der Waals surface area contributed by atoms with Gasteiger partial charge in [-0.05, 0) is 17.7 Å². The Morgan fingerprint density at radius 1 is 1.23 bits per heavy atom. The predicted octanol–water partition coefficient (Wildman–Crippen LogP) is 4.03. The Hall–Kier alpha value is -2.05. The Balaban J connectivity index is 2.03. The van der Waals surface area contributed by atoms with Crippen molar-refractivity contribution in [2.75, 3.05) is 10.7 Å². The summed E-state index contributed by atoms with van der Waals surface area (Å²) < 4.78 is 0. The maximum absolute atomic E-state index is 12.2. The van der Waals surface area contributed by atoms with Gasteiger partial charge in [-0.25, -0.2) is 0 Å². The van der Waals surface area contributed by atoms with Crippen LogP contribution in [0.15, 0.2) is 48.5 Å². The highest BCUT2D eigenvalue weighted by Crippen LogP contribution is 2.43. The molecular weight excluding hydrogens is 324 g/mol. The van der Waals surface area contributed by atoms with Crippen LogP contribution in [-0.2, 0) is 4.79 Å². The van der Waals surface area contributed by atoms with Gasteiger partial charge in [0.25, 0.3) is 5.69 Å². The smallest absolute Gasteiger partial charge is 0.289 e. The van der Waals surface area contributed by atoms with Crippen LogP contribution in [0.4, 0.5) is 11.4 Å². The largest absolute Gasteiger partial charge is 0.295 e. The number of nitro groups is 1. The van der Waals surface area contributed by atoms with E-state index in [0.717, 1.165) is 5.56 Å². The molecule has 0 radical (unpaired) electrons. The molecule has 112 valence electrons. The first-order valence-corrected chi connectivity index (χ1v) is 7.93. The summed E-state index contributed by atoms with van der Waals surface area (Å²) in [6, 6.07) is 14.0. The molecule has 2 aromatic rings. The number of benzene rings is 2. The van der Waals surface area contributed by atoms with Gasteiger partial charge in [0.2, 0.25) is 5.91 Å². The molecule has 0 aromatic heterocycles. The molecule has 1 fully saturated rings. The van der Waals surface area contributed by atoms with Crippen LogP contribution >= 0.6 is 23.4 Å². The first-order valence-electron chi connectivity index (χ1n) is 6.50. The highest BCUT2D eigenvalue weighted by atomic mass is 35.5. The Morgan fingerprint density at radius 3 is 2.64 bits per heavy atom. The van der Waals surface area contributed by atoms with E-state index in [9.17, 15) is 14.9 Å². The quantitative estimate of drug-likeness (QED) is 0.628. The van der Waals surface area contributed by atoms with Crippen LogP contribution in [0, 0.1) is 10.1 Å². The summed E-state index contributed by atoms with van der Waals surface area (Å²) in [5.74, 6) is 0.270. The lowest BCUT2D eigenvalue weighted by molar-refractivity contribution is -0.384. The van der Waals surface area contributed by atoms with Crippen LogP contribution < -0.4 is 4.90 Å². The van der Waals surface area contributed by atoms with Crippen molar-refractivity contribution in [2.45, 2.75) is 5.37 Å². The number of thioether (sulfide) groups is 1. The van der Waals surface area contributed by atoms with Gasteiger partial charge in [-0.15, -0.1) is 11.8 Å². The van der Waals surface area contributed by atoms with E-state index in [2.05, 4.69) is 0 Å². The number of hydrogen-bond acceptors (Lipinski definition) is 4. The molecule has 7 heteroatoms. The molecule has 0 aliphatic carbocycles. The number of amides is 1. The Labute approximate surface area is 136 Å². The van der Waals surface area contributed by atoms with E-state index in [-0.39, 0.29) is 22.0 Å². The van der Waals surface area contributed by atoms with Crippen molar-refractivity contribution in [1.82, 2.24) is 0 Å². The normalized spacial score (nSPS) is 17.8. The summed E-state index contributed by atoms with van der Waals surface area (Å²) in [5, 5.41) is 10.9. The molecule has 3 rings (SSSR count). The fourth-order valence-corrected chi connectivity index (χ4v) is 3.72. The van der Waals surface area contributed by atoms with E-state index in [1.54, 1.807) is 11.0 Å². The maximum Gasteiger partial charge on any atom is 0.289 e. The van der Waals surface area contributed by atoms with E-state index >= 15 is 0 Å². The van der Waals surface area contributed by atoms with E-state index < -0.39 is 4.92 Å². The third kappa shape index (κ3) is 2.67.